The van der Waals surface area contributed by atoms with Gasteiger partial charge in [0.1, 0.15) is 11.5 Å². The van der Waals surface area contributed by atoms with Crippen LogP contribution in [0.3, 0.4) is 0 Å². The minimum atomic E-state index is -0.344. The van der Waals surface area contributed by atoms with E-state index in [9.17, 15) is 5.11 Å². The van der Waals surface area contributed by atoms with Crippen molar-refractivity contribution in [3.05, 3.63) is 66.1 Å². The van der Waals surface area contributed by atoms with Gasteiger partial charge in [-0.2, -0.15) is 0 Å². The second kappa shape index (κ2) is 15.3. The van der Waals surface area contributed by atoms with E-state index in [2.05, 4.69) is 31.7 Å². The Morgan fingerprint density at radius 2 is 1.97 bits per heavy atom. The topological polar surface area (TPSA) is 151 Å². The predicted molar refractivity (Wildman–Crippen MR) is 126 cm³/mol. The third-order valence-electron chi connectivity index (χ3n) is 5.32. The van der Waals surface area contributed by atoms with Crippen LogP contribution in [-0.2, 0) is 29.1 Å². The fourth-order valence-corrected chi connectivity index (χ4v) is 3.89. The molecule has 1 aliphatic rings. The Kier molecular flexibility index (Phi) is 12.0. The molecule has 11 heteroatoms. The Bertz CT molecular complexity index is 987. The highest BCUT2D eigenvalue weighted by molar-refractivity contribution is 5.33. The van der Waals surface area contributed by atoms with Gasteiger partial charge >= 0.3 is 0 Å². The zero-order chi connectivity index (χ0) is 25.5. The molecular weight excluding hydrogens is 456 g/mol. The van der Waals surface area contributed by atoms with Crippen molar-refractivity contribution in [2.75, 3.05) is 19.7 Å². The Morgan fingerprint density at radius 1 is 1.20 bits per heavy atom. The summed E-state index contributed by atoms with van der Waals surface area (Å²) in [4.78, 5) is 23.1. The Hall–Kier alpha value is -3.70. The molecule has 0 saturated carbocycles. The second-order valence-corrected chi connectivity index (χ2v) is 8.02. The van der Waals surface area contributed by atoms with Crippen LogP contribution in [0.1, 0.15) is 23.4 Å². The van der Waals surface area contributed by atoms with Crippen molar-refractivity contribution in [3.8, 4) is 5.75 Å². The fourth-order valence-electron chi connectivity index (χ4n) is 3.89. The minimum Gasteiger partial charge on any atom is -0.494 e. The van der Waals surface area contributed by atoms with Crippen molar-refractivity contribution in [3.63, 3.8) is 0 Å². The van der Waals surface area contributed by atoms with Crippen LogP contribution in [0.2, 0.25) is 0 Å². The molecule has 1 aromatic carbocycles. The molecule has 3 heterocycles. The molecule has 1 fully saturated rings. The summed E-state index contributed by atoms with van der Waals surface area (Å²) in [6.07, 6.45) is 6.88. The van der Waals surface area contributed by atoms with E-state index in [0.717, 1.165) is 49.7 Å². The van der Waals surface area contributed by atoms with Gasteiger partial charge in [-0.15, -0.1) is 0 Å². The highest BCUT2D eigenvalue weighted by atomic mass is 16.5. The quantitative estimate of drug-likeness (QED) is 0.302. The number of hydrogen-bond acceptors (Lipinski definition) is 8. The van der Waals surface area contributed by atoms with Gasteiger partial charge < -0.3 is 29.1 Å². The lowest BCUT2D eigenvalue weighted by atomic mass is 10.0. The number of carbonyl (C=O) groups is 2. The van der Waals surface area contributed by atoms with Gasteiger partial charge in [0.05, 0.1) is 24.7 Å². The average Bonchev–Trinajstić information content (AvgIpc) is 3.56. The standard InChI is InChI=1S/C22H28N4O3.2CH2O2/c1-17-10-21(29-24-17)12-19-14-26(15-22(19)27)13-18-4-2-5-20(11-18)28-9-3-7-25-8-6-23-16-25;2*2-1-3/h2,4-6,8,10-11,16,19,22,27H,3,7,9,12-15H2,1H3;2*1H,(H,2,3)/t19-,22+;;/m1../s1. The Morgan fingerprint density at radius 3 is 2.63 bits per heavy atom. The number of rotatable bonds is 9. The molecule has 0 spiro atoms. The zero-order valence-electron chi connectivity index (χ0n) is 19.6. The van der Waals surface area contributed by atoms with Crippen molar-refractivity contribution >= 4 is 12.9 Å². The summed E-state index contributed by atoms with van der Waals surface area (Å²) >= 11 is 0. The number of aromatic nitrogens is 3. The van der Waals surface area contributed by atoms with Gasteiger partial charge in [-0.25, -0.2) is 4.98 Å². The van der Waals surface area contributed by atoms with Crippen molar-refractivity contribution < 1.29 is 34.2 Å². The van der Waals surface area contributed by atoms with Gasteiger partial charge in [0.25, 0.3) is 12.9 Å². The lowest BCUT2D eigenvalue weighted by molar-refractivity contribution is -0.123. The third-order valence-corrected chi connectivity index (χ3v) is 5.32. The van der Waals surface area contributed by atoms with Gasteiger partial charge in [0.2, 0.25) is 0 Å². The molecular formula is C24H32N4O7. The van der Waals surface area contributed by atoms with Crippen LogP contribution in [0.5, 0.6) is 5.75 Å². The van der Waals surface area contributed by atoms with Crippen LogP contribution in [0.25, 0.3) is 0 Å². The monoisotopic (exact) mass is 488 g/mol. The number of ether oxygens (including phenoxy) is 1. The largest absolute Gasteiger partial charge is 0.494 e. The first-order valence-corrected chi connectivity index (χ1v) is 11.1. The first kappa shape index (κ1) is 27.5. The van der Waals surface area contributed by atoms with Crippen LogP contribution >= 0.6 is 0 Å². The highest BCUT2D eigenvalue weighted by Crippen LogP contribution is 2.24. The SMILES string of the molecule is Cc1cc(C[C@@H]2CN(Cc3cccc(OCCCn4ccnc4)c3)C[C@@H]2O)on1.O=CO.O=CO. The lowest BCUT2D eigenvalue weighted by Gasteiger charge is -2.16. The number of hydrogen-bond donors (Lipinski definition) is 3. The van der Waals surface area contributed by atoms with Crippen molar-refractivity contribution in [2.45, 2.75) is 39.0 Å². The molecule has 2 aromatic heterocycles. The van der Waals surface area contributed by atoms with Crippen molar-refractivity contribution in [2.24, 2.45) is 5.92 Å². The molecule has 35 heavy (non-hydrogen) atoms. The van der Waals surface area contributed by atoms with E-state index in [4.69, 9.17) is 29.1 Å². The van der Waals surface area contributed by atoms with Crippen LogP contribution < -0.4 is 4.74 Å². The van der Waals surface area contributed by atoms with E-state index in [1.165, 1.54) is 5.56 Å². The number of β-amino-alcohol motifs (C(OH)–C–C–N with tert-alkyl or cyclic N) is 1. The number of aliphatic hydroxyl groups is 1. The number of nitrogens with zero attached hydrogens (tertiary/aromatic N) is 4. The molecule has 3 N–H and O–H groups in total. The fraction of sp³-hybridized carbons (Fsp3) is 0.417. The van der Waals surface area contributed by atoms with Crippen LogP contribution in [0.4, 0.5) is 0 Å². The van der Waals surface area contributed by atoms with Crippen LogP contribution in [0, 0.1) is 12.8 Å². The Balaban J connectivity index is 0.000000655. The van der Waals surface area contributed by atoms with Gasteiger partial charge in [-0.1, -0.05) is 17.3 Å². The van der Waals surface area contributed by atoms with E-state index in [-0.39, 0.29) is 25.0 Å². The Labute approximate surface area is 203 Å². The summed E-state index contributed by atoms with van der Waals surface area (Å²) in [6.45, 7) is 5.30. The second-order valence-electron chi connectivity index (χ2n) is 8.02. The molecule has 0 aliphatic carbocycles. The molecule has 1 saturated heterocycles. The third kappa shape index (κ3) is 9.98. The van der Waals surface area contributed by atoms with Crippen LogP contribution in [-0.4, -0.2) is 73.7 Å². The average molecular weight is 489 g/mol. The van der Waals surface area contributed by atoms with E-state index in [0.29, 0.717) is 13.2 Å². The predicted octanol–water partition coefficient (Wildman–Crippen LogP) is 2.09. The number of imidazole rings is 1. The zero-order valence-corrected chi connectivity index (χ0v) is 19.6. The highest BCUT2D eigenvalue weighted by Gasteiger charge is 2.32. The molecule has 2 atom stereocenters. The van der Waals surface area contributed by atoms with Crippen LogP contribution in [0.15, 0.2) is 53.6 Å². The number of aliphatic hydroxyl groups excluding tert-OH is 1. The first-order chi connectivity index (χ1) is 17.0. The lowest BCUT2D eigenvalue weighted by Crippen LogP contribution is -2.21. The summed E-state index contributed by atoms with van der Waals surface area (Å²) < 4.78 is 13.3. The summed E-state index contributed by atoms with van der Waals surface area (Å²) in [5, 5.41) is 28.2. The van der Waals surface area contributed by atoms with Gasteiger partial charge in [0, 0.05) is 57.0 Å². The number of carboxylic acid groups (broad SMARTS) is 2. The molecule has 0 radical (unpaired) electrons. The molecule has 1 aliphatic heterocycles. The molecule has 0 unspecified atom stereocenters. The van der Waals surface area contributed by atoms with Crippen molar-refractivity contribution in [1.29, 1.82) is 0 Å². The van der Waals surface area contributed by atoms with E-state index in [1.807, 2.05) is 37.6 Å². The summed E-state index contributed by atoms with van der Waals surface area (Å²) in [5.41, 5.74) is 2.08. The minimum absolute atomic E-state index is 0.171. The maximum absolute atomic E-state index is 10.4. The maximum atomic E-state index is 10.4. The molecule has 4 rings (SSSR count). The number of aryl methyl sites for hydroxylation is 2. The molecule has 0 bridgehead atoms. The summed E-state index contributed by atoms with van der Waals surface area (Å²) in [6, 6.07) is 10.2. The first-order valence-electron chi connectivity index (χ1n) is 11.1. The maximum Gasteiger partial charge on any atom is 0.290 e. The van der Waals surface area contributed by atoms with E-state index in [1.54, 1.807) is 6.20 Å². The van der Waals surface area contributed by atoms with Gasteiger partial charge in [-0.3, -0.25) is 14.5 Å². The van der Waals surface area contributed by atoms with Gasteiger partial charge in [0.15, 0.2) is 0 Å². The van der Waals surface area contributed by atoms with E-state index < -0.39 is 0 Å². The summed E-state index contributed by atoms with van der Waals surface area (Å²) in [5.74, 6) is 1.91. The number of likely N-dealkylation sites (tertiary alicyclic amines) is 1. The summed E-state index contributed by atoms with van der Waals surface area (Å²) in [7, 11) is 0. The number of benzene rings is 1. The molecule has 3 aromatic rings. The molecule has 190 valence electrons. The van der Waals surface area contributed by atoms with Crippen molar-refractivity contribution in [1.82, 2.24) is 19.6 Å². The van der Waals surface area contributed by atoms with E-state index >= 15 is 0 Å². The van der Waals surface area contributed by atoms with Gasteiger partial charge in [-0.05, 0) is 31.0 Å². The molecule has 11 nitrogen and oxygen atoms in total. The normalized spacial score (nSPS) is 17.0. The smallest absolute Gasteiger partial charge is 0.290 e. The molecule has 0 amide bonds.